The molecule has 0 radical (unpaired) electrons. The van der Waals surface area contributed by atoms with Gasteiger partial charge in [0.15, 0.2) is 5.34 Å². The van der Waals surface area contributed by atoms with Crippen molar-refractivity contribution in [1.29, 1.82) is 0 Å². The first-order valence-electron chi connectivity index (χ1n) is 5.17. The third-order valence-electron chi connectivity index (χ3n) is 2.34. The van der Waals surface area contributed by atoms with Crippen LogP contribution in [-0.2, 0) is 4.84 Å². The molecule has 0 unspecified atom stereocenters. The highest BCUT2D eigenvalue weighted by Crippen LogP contribution is 2.21. The molecular formula is C12H8FN3O3. The number of nitrogen functional groups attached to an aromatic ring is 1. The van der Waals surface area contributed by atoms with E-state index in [1.165, 1.54) is 36.4 Å². The first-order valence-corrected chi connectivity index (χ1v) is 5.17. The first kappa shape index (κ1) is 12.6. The number of aromatic nitrogens is 1. The number of nitrogens with two attached hydrogens (primary N) is 1. The molecule has 2 N–H and O–H groups in total. The largest absolute Gasteiger partial charge is 0.384 e. The minimum atomic E-state index is -0.938. The number of hydrogen-bond acceptors (Lipinski definition) is 6. The van der Waals surface area contributed by atoms with Crippen LogP contribution in [0.4, 0.5) is 10.2 Å². The molecule has 1 aromatic carbocycles. The maximum Gasteiger partial charge on any atom is 0.369 e. The minimum absolute atomic E-state index is 0.0337. The molecule has 0 aliphatic heterocycles. The van der Waals surface area contributed by atoms with Crippen molar-refractivity contribution < 1.29 is 14.0 Å². The molecule has 0 atom stereocenters. The fourth-order valence-electron chi connectivity index (χ4n) is 1.52. The number of nitrogens with zero attached hydrogens (tertiary/aromatic N) is 2. The molecule has 2 aromatic rings. The third kappa shape index (κ3) is 2.89. The van der Waals surface area contributed by atoms with Gasteiger partial charge in [-0.3, -0.25) is 4.84 Å². The molecule has 7 heteroatoms. The van der Waals surface area contributed by atoms with Crippen LogP contribution in [0.1, 0.15) is 10.4 Å². The summed E-state index contributed by atoms with van der Waals surface area (Å²) in [6.45, 7) is 0. The van der Waals surface area contributed by atoms with E-state index in [9.17, 15) is 14.1 Å². The second-order valence-corrected chi connectivity index (χ2v) is 3.63. The summed E-state index contributed by atoms with van der Waals surface area (Å²) in [5, 5.41) is 2.05. The molecule has 19 heavy (non-hydrogen) atoms. The summed E-state index contributed by atoms with van der Waals surface area (Å²) in [4.78, 5) is 29.3. The molecular weight excluding hydrogens is 253 g/mol. The van der Waals surface area contributed by atoms with Crippen molar-refractivity contribution in [2.75, 3.05) is 5.73 Å². The molecule has 6 nitrogen and oxygen atoms in total. The first-order chi connectivity index (χ1) is 9.10. The quantitative estimate of drug-likeness (QED) is 0.675. The predicted molar refractivity (Wildman–Crippen MR) is 65.3 cm³/mol. The van der Waals surface area contributed by atoms with Crippen molar-refractivity contribution in [2.45, 2.75) is 0 Å². The van der Waals surface area contributed by atoms with Gasteiger partial charge < -0.3 is 5.73 Å². The Balaban J connectivity index is 2.44. The van der Waals surface area contributed by atoms with Crippen LogP contribution in [0, 0.1) is 10.7 Å². The molecule has 0 saturated carbocycles. The van der Waals surface area contributed by atoms with Gasteiger partial charge in [-0.1, -0.05) is 0 Å². The van der Waals surface area contributed by atoms with E-state index in [0.29, 0.717) is 11.3 Å². The van der Waals surface area contributed by atoms with Crippen molar-refractivity contribution in [2.24, 2.45) is 5.34 Å². The summed E-state index contributed by atoms with van der Waals surface area (Å²) >= 11 is 0. The number of carbonyl (C=O) groups excluding carboxylic acids is 1. The van der Waals surface area contributed by atoms with Crippen molar-refractivity contribution in [3.05, 3.63) is 52.7 Å². The molecule has 0 aliphatic carbocycles. The van der Waals surface area contributed by atoms with E-state index in [4.69, 9.17) is 5.73 Å². The van der Waals surface area contributed by atoms with Crippen LogP contribution in [0.3, 0.4) is 0 Å². The van der Waals surface area contributed by atoms with E-state index in [2.05, 4.69) is 9.82 Å². The van der Waals surface area contributed by atoms with Crippen LogP contribution in [0.2, 0.25) is 0 Å². The fraction of sp³-hybridized carbons (Fsp3) is 0. The number of carbonyl (C=O) groups is 1. The Bertz CT molecular complexity index is 629. The standard InChI is InChI=1S/C12H8FN3O3/c13-9-3-1-7(2-4-9)10-5-8(6-11(14)15-10)12(17)19-16-18/h1-6H,(H2,14,15). The monoisotopic (exact) mass is 261 g/mol. The van der Waals surface area contributed by atoms with E-state index in [1.54, 1.807) is 0 Å². The Kier molecular flexibility index (Phi) is 3.46. The van der Waals surface area contributed by atoms with E-state index in [0.717, 1.165) is 0 Å². The van der Waals surface area contributed by atoms with Crippen molar-refractivity contribution in [1.82, 2.24) is 4.98 Å². The van der Waals surface area contributed by atoms with Gasteiger partial charge in [-0.25, -0.2) is 14.2 Å². The molecule has 1 aromatic heterocycles. The maximum absolute atomic E-state index is 12.8. The number of halogens is 1. The number of benzene rings is 1. The summed E-state index contributed by atoms with van der Waals surface area (Å²) in [6, 6.07) is 8.11. The van der Waals surface area contributed by atoms with Crippen LogP contribution in [0.25, 0.3) is 11.3 Å². The van der Waals surface area contributed by atoms with E-state index < -0.39 is 11.8 Å². The lowest BCUT2D eigenvalue weighted by atomic mass is 10.1. The highest BCUT2D eigenvalue weighted by molar-refractivity contribution is 5.91. The normalized spacial score (nSPS) is 9.95. The Morgan fingerprint density at radius 1 is 1.26 bits per heavy atom. The summed E-state index contributed by atoms with van der Waals surface area (Å²) in [5.41, 5.74) is 6.52. The summed E-state index contributed by atoms with van der Waals surface area (Å²) < 4.78 is 12.8. The summed E-state index contributed by atoms with van der Waals surface area (Å²) in [7, 11) is 0. The van der Waals surface area contributed by atoms with Gasteiger partial charge in [0.25, 0.3) is 0 Å². The average molecular weight is 261 g/mol. The highest BCUT2D eigenvalue weighted by Gasteiger charge is 2.12. The zero-order chi connectivity index (χ0) is 13.8. The highest BCUT2D eigenvalue weighted by atomic mass is 19.1. The van der Waals surface area contributed by atoms with Crippen LogP contribution in [0.5, 0.6) is 0 Å². The SMILES string of the molecule is Nc1cc(C(=O)ON=O)cc(-c2ccc(F)cc2)n1. The van der Waals surface area contributed by atoms with Crippen LogP contribution in [0.15, 0.2) is 41.7 Å². The average Bonchev–Trinajstić information content (AvgIpc) is 2.39. The molecule has 0 spiro atoms. The molecule has 2 rings (SSSR count). The Labute approximate surface area is 107 Å². The lowest BCUT2D eigenvalue weighted by Gasteiger charge is -2.04. The van der Waals surface area contributed by atoms with Crippen molar-refractivity contribution in [3.63, 3.8) is 0 Å². The van der Waals surface area contributed by atoms with E-state index in [-0.39, 0.29) is 11.4 Å². The van der Waals surface area contributed by atoms with Gasteiger partial charge in [-0.15, -0.1) is 4.91 Å². The van der Waals surface area contributed by atoms with Gasteiger partial charge in [0, 0.05) is 5.56 Å². The molecule has 0 fully saturated rings. The van der Waals surface area contributed by atoms with Gasteiger partial charge >= 0.3 is 5.97 Å². The summed E-state index contributed by atoms with van der Waals surface area (Å²) in [6.07, 6.45) is 0. The molecule has 0 bridgehead atoms. The third-order valence-corrected chi connectivity index (χ3v) is 2.34. The zero-order valence-electron chi connectivity index (χ0n) is 9.54. The van der Waals surface area contributed by atoms with Crippen molar-refractivity contribution >= 4 is 11.8 Å². The molecule has 1 heterocycles. The Morgan fingerprint density at radius 3 is 2.58 bits per heavy atom. The Morgan fingerprint density at radius 2 is 1.95 bits per heavy atom. The van der Waals surface area contributed by atoms with E-state index in [1.807, 2.05) is 5.34 Å². The number of anilines is 1. The van der Waals surface area contributed by atoms with Gasteiger partial charge in [-0.05, 0) is 36.4 Å². The number of pyridine rings is 1. The second-order valence-electron chi connectivity index (χ2n) is 3.63. The molecule has 96 valence electrons. The van der Waals surface area contributed by atoms with E-state index >= 15 is 0 Å². The second kappa shape index (κ2) is 5.21. The zero-order valence-corrected chi connectivity index (χ0v) is 9.54. The maximum atomic E-state index is 12.8. The smallest absolute Gasteiger partial charge is 0.369 e. The summed E-state index contributed by atoms with van der Waals surface area (Å²) in [5.74, 6) is -1.26. The van der Waals surface area contributed by atoms with Crippen LogP contribution in [-0.4, -0.2) is 11.0 Å². The lowest BCUT2D eigenvalue weighted by Crippen LogP contribution is -2.03. The Hall–Kier alpha value is -2.83. The van der Waals surface area contributed by atoms with Gasteiger partial charge in [0.1, 0.15) is 11.6 Å². The minimum Gasteiger partial charge on any atom is -0.384 e. The van der Waals surface area contributed by atoms with Crippen LogP contribution >= 0.6 is 0 Å². The van der Waals surface area contributed by atoms with Gasteiger partial charge in [0.2, 0.25) is 0 Å². The predicted octanol–water partition coefficient (Wildman–Crippen LogP) is 2.31. The van der Waals surface area contributed by atoms with Gasteiger partial charge in [-0.2, -0.15) is 0 Å². The fourth-order valence-corrected chi connectivity index (χ4v) is 1.52. The molecule has 0 amide bonds. The topological polar surface area (TPSA) is 94.6 Å². The van der Waals surface area contributed by atoms with Crippen molar-refractivity contribution in [3.8, 4) is 11.3 Å². The number of hydrogen-bond donors (Lipinski definition) is 1. The lowest BCUT2D eigenvalue weighted by molar-refractivity contribution is 0.0508. The van der Waals surface area contributed by atoms with Crippen LogP contribution < -0.4 is 5.73 Å². The number of rotatable bonds is 3. The molecule has 0 aliphatic rings. The molecule has 0 saturated heterocycles. The van der Waals surface area contributed by atoms with Gasteiger partial charge in [0.05, 0.1) is 11.3 Å².